The number of ether oxygens (including phenoxy) is 1. The fourth-order valence-electron chi connectivity index (χ4n) is 3.82. The minimum atomic E-state index is -0.314. The lowest BCUT2D eigenvalue weighted by molar-refractivity contribution is -0.00907. The fourth-order valence-corrected chi connectivity index (χ4v) is 3.82. The summed E-state index contributed by atoms with van der Waals surface area (Å²) in [5, 5.41) is 5.81. The summed E-state index contributed by atoms with van der Waals surface area (Å²) in [5.74, 6) is 0.483. The van der Waals surface area contributed by atoms with Crippen molar-refractivity contribution in [3.05, 3.63) is 92.9 Å². The maximum atomic E-state index is 12.3. The summed E-state index contributed by atoms with van der Waals surface area (Å²) in [4.78, 5) is 12.3. The zero-order valence-electron chi connectivity index (χ0n) is 15.9. The molecule has 0 unspecified atom stereocenters. The molecule has 1 aliphatic rings. The average molecular weight is 362 g/mol. The third kappa shape index (κ3) is 3.76. The summed E-state index contributed by atoms with van der Waals surface area (Å²) in [6, 6.07) is 18.9. The van der Waals surface area contributed by atoms with Crippen LogP contribution in [0, 0.1) is 0 Å². The third-order valence-corrected chi connectivity index (χ3v) is 5.42. The van der Waals surface area contributed by atoms with Gasteiger partial charge in [-0.3, -0.25) is 9.89 Å². The molecular weight excluding hydrogens is 336 g/mol. The fraction of sp³-hybridized carbons (Fsp3) is 0.348. The van der Waals surface area contributed by atoms with E-state index in [4.69, 9.17) is 4.74 Å². The zero-order chi connectivity index (χ0) is 18.8. The van der Waals surface area contributed by atoms with Crippen molar-refractivity contribution >= 4 is 0 Å². The van der Waals surface area contributed by atoms with Gasteiger partial charge in [0.05, 0.1) is 11.7 Å². The molecule has 2 heterocycles. The molecule has 0 aliphatic carbocycles. The molecule has 1 aromatic heterocycles. The largest absolute Gasteiger partial charge is 0.365 e. The summed E-state index contributed by atoms with van der Waals surface area (Å²) < 4.78 is 6.42. The normalized spacial score (nSPS) is 19.2. The Morgan fingerprint density at radius 1 is 1.04 bits per heavy atom. The molecule has 0 bridgehead atoms. The molecule has 3 aromatic rings. The number of hydrogen-bond acceptors (Lipinski definition) is 2. The molecule has 0 saturated heterocycles. The molecule has 4 nitrogen and oxygen atoms in total. The predicted octanol–water partition coefficient (Wildman–Crippen LogP) is 4.49. The minimum absolute atomic E-state index is 0.0792. The van der Waals surface area contributed by atoms with E-state index in [1.807, 2.05) is 6.07 Å². The van der Waals surface area contributed by atoms with Gasteiger partial charge in [-0.05, 0) is 35.4 Å². The maximum absolute atomic E-state index is 12.3. The van der Waals surface area contributed by atoms with Crippen LogP contribution >= 0.6 is 0 Å². The molecule has 4 rings (SSSR count). The van der Waals surface area contributed by atoms with Gasteiger partial charge in [0.15, 0.2) is 0 Å². The standard InChI is InChI=1S/C23H26N2O2/c1-15(2)17-9-11-18(12-10-17)22-21-20(24-25-23(21)26)14-19(27-22)13-8-16-6-4-3-5-7-16/h3-7,9-12,15,19,22H,8,13-14H2,1-2H3,(H2,24,25,26)/t19-,22+/m1/s1. The summed E-state index contributed by atoms with van der Waals surface area (Å²) in [6.07, 6.45) is 2.40. The van der Waals surface area contributed by atoms with Crippen molar-refractivity contribution in [1.29, 1.82) is 0 Å². The van der Waals surface area contributed by atoms with Gasteiger partial charge in [0, 0.05) is 12.1 Å². The van der Waals surface area contributed by atoms with Crippen LogP contribution in [0.1, 0.15) is 60.2 Å². The van der Waals surface area contributed by atoms with Crippen molar-refractivity contribution in [2.45, 2.75) is 51.2 Å². The zero-order valence-corrected chi connectivity index (χ0v) is 15.9. The Morgan fingerprint density at radius 2 is 1.78 bits per heavy atom. The maximum Gasteiger partial charge on any atom is 0.270 e. The Hall–Kier alpha value is -2.59. The van der Waals surface area contributed by atoms with E-state index in [1.165, 1.54) is 11.1 Å². The van der Waals surface area contributed by atoms with Crippen molar-refractivity contribution in [3.63, 3.8) is 0 Å². The van der Waals surface area contributed by atoms with Gasteiger partial charge >= 0.3 is 0 Å². The van der Waals surface area contributed by atoms with E-state index in [9.17, 15) is 4.79 Å². The molecule has 0 saturated carbocycles. The van der Waals surface area contributed by atoms with E-state index in [2.05, 4.69) is 72.6 Å². The number of aryl methyl sites for hydroxylation is 1. The highest BCUT2D eigenvalue weighted by molar-refractivity contribution is 5.35. The van der Waals surface area contributed by atoms with E-state index < -0.39 is 0 Å². The van der Waals surface area contributed by atoms with Crippen molar-refractivity contribution < 1.29 is 4.74 Å². The molecule has 0 amide bonds. The van der Waals surface area contributed by atoms with E-state index in [0.29, 0.717) is 5.92 Å². The van der Waals surface area contributed by atoms with Gasteiger partial charge in [0.2, 0.25) is 0 Å². The van der Waals surface area contributed by atoms with Gasteiger partial charge < -0.3 is 9.84 Å². The quantitative estimate of drug-likeness (QED) is 0.702. The highest BCUT2D eigenvalue weighted by Crippen LogP contribution is 2.34. The Morgan fingerprint density at radius 3 is 2.48 bits per heavy atom. The summed E-state index contributed by atoms with van der Waals surface area (Å²) >= 11 is 0. The van der Waals surface area contributed by atoms with Gasteiger partial charge in [-0.25, -0.2) is 0 Å². The first-order valence-electron chi connectivity index (χ1n) is 9.70. The Labute approximate surface area is 159 Å². The van der Waals surface area contributed by atoms with Crippen LogP contribution in [-0.4, -0.2) is 16.3 Å². The molecule has 27 heavy (non-hydrogen) atoms. The first-order valence-corrected chi connectivity index (χ1v) is 9.70. The molecule has 0 spiro atoms. The van der Waals surface area contributed by atoms with E-state index in [-0.39, 0.29) is 17.8 Å². The second-order valence-electron chi connectivity index (χ2n) is 7.66. The second-order valence-corrected chi connectivity index (χ2v) is 7.66. The van der Waals surface area contributed by atoms with Crippen LogP contribution in [0.15, 0.2) is 59.4 Å². The first-order chi connectivity index (χ1) is 13.1. The van der Waals surface area contributed by atoms with Gasteiger partial charge in [-0.15, -0.1) is 0 Å². The Bertz CT molecular complexity index is 939. The van der Waals surface area contributed by atoms with Crippen LogP contribution in [0.3, 0.4) is 0 Å². The van der Waals surface area contributed by atoms with Gasteiger partial charge in [0.25, 0.3) is 5.56 Å². The van der Waals surface area contributed by atoms with E-state index in [1.54, 1.807) is 0 Å². The number of aromatic amines is 2. The van der Waals surface area contributed by atoms with Crippen LogP contribution < -0.4 is 5.56 Å². The molecular formula is C23H26N2O2. The molecule has 2 aromatic carbocycles. The highest BCUT2D eigenvalue weighted by atomic mass is 16.5. The minimum Gasteiger partial charge on any atom is -0.365 e. The number of benzene rings is 2. The molecule has 2 atom stereocenters. The molecule has 140 valence electrons. The number of aromatic nitrogens is 2. The highest BCUT2D eigenvalue weighted by Gasteiger charge is 2.32. The molecule has 0 radical (unpaired) electrons. The lowest BCUT2D eigenvalue weighted by Gasteiger charge is -2.30. The molecule has 1 aliphatic heterocycles. The molecule has 4 heteroatoms. The monoisotopic (exact) mass is 362 g/mol. The van der Waals surface area contributed by atoms with Crippen LogP contribution in [0.4, 0.5) is 0 Å². The number of H-pyrrole nitrogens is 2. The van der Waals surface area contributed by atoms with E-state index >= 15 is 0 Å². The van der Waals surface area contributed by atoms with Crippen molar-refractivity contribution in [3.8, 4) is 0 Å². The smallest absolute Gasteiger partial charge is 0.270 e. The topological polar surface area (TPSA) is 57.9 Å². The van der Waals surface area contributed by atoms with Crippen LogP contribution in [0.2, 0.25) is 0 Å². The first kappa shape index (κ1) is 17.8. The summed E-state index contributed by atoms with van der Waals surface area (Å²) in [7, 11) is 0. The van der Waals surface area contributed by atoms with Gasteiger partial charge in [-0.1, -0.05) is 68.4 Å². The SMILES string of the molecule is CC(C)c1ccc([C@@H]2O[C@H](CCc3ccccc3)Cc3[nH][nH]c(=O)c32)cc1. The summed E-state index contributed by atoms with van der Waals surface area (Å²) in [5.41, 5.74) is 5.26. The average Bonchev–Trinajstić information content (AvgIpc) is 3.07. The Kier molecular flexibility index (Phi) is 4.99. The van der Waals surface area contributed by atoms with Crippen LogP contribution in [-0.2, 0) is 17.6 Å². The lowest BCUT2D eigenvalue weighted by atomic mass is 9.92. The lowest BCUT2D eigenvalue weighted by Crippen LogP contribution is -2.29. The van der Waals surface area contributed by atoms with Crippen LogP contribution in [0.5, 0.6) is 0 Å². The van der Waals surface area contributed by atoms with Crippen molar-refractivity contribution in [1.82, 2.24) is 10.2 Å². The number of rotatable bonds is 5. The van der Waals surface area contributed by atoms with Crippen LogP contribution in [0.25, 0.3) is 0 Å². The number of nitrogens with one attached hydrogen (secondary N) is 2. The number of fused-ring (bicyclic) bond motifs is 1. The Balaban J connectivity index is 1.58. The second kappa shape index (κ2) is 7.57. The van der Waals surface area contributed by atoms with Gasteiger partial charge in [-0.2, -0.15) is 0 Å². The molecule has 2 N–H and O–H groups in total. The number of hydrogen-bond donors (Lipinski definition) is 2. The predicted molar refractivity (Wildman–Crippen MR) is 107 cm³/mol. The van der Waals surface area contributed by atoms with Gasteiger partial charge in [0.1, 0.15) is 6.10 Å². The van der Waals surface area contributed by atoms with E-state index in [0.717, 1.165) is 36.1 Å². The summed E-state index contributed by atoms with van der Waals surface area (Å²) in [6.45, 7) is 4.36. The third-order valence-electron chi connectivity index (χ3n) is 5.42. The van der Waals surface area contributed by atoms with Crippen molar-refractivity contribution in [2.24, 2.45) is 0 Å². The molecule has 0 fully saturated rings. The van der Waals surface area contributed by atoms with Crippen molar-refractivity contribution in [2.75, 3.05) is 0 Å².